The Bertz CT molecular complexity index is 939. The van der Waals surface area contributed by atoms with Gasteiger partial charge in [-0.1, -0.05) is 12.1 Å². The molecule has 1 aromatic carbocycles. The summed E-state index contributed by atoms with van der Waals surface area (Å²) in [7, 11) is 0. The first kappa shape index (κ1) is 21.3. The van der Waals surface area contributed by atoms with E-state index >= 15 is 0 Å². The molecule has 1 unspecified atom stereocenters. The van der Waals surface area contributed by atoms with Crippen molar-refractivity contribution in [2.75, 3.05) is 13.2 Å². The topological polar surface area (TPSA) is 180 Å². The molecule has 0 radical (unpaired) electrons. The van der Waals surface area contributed by atoms with Gasteiger partial charge < -0.3 is 15.5 Å². The number of hydrogen-bond acceptors (Lipinski definition) is 9. The van der Waals surface area contributed by atoms with E-state index in [-0.39, 0.29) is 34.8 Å². The average molecular weight is 407 g/mol. The first-order chi connectivity index (χ1) is 13.6. The molecule has 1 aliphatic heterocycles. The molecule has 0 aromatic heterocycles. The summed E-state index contributed by atoms with van der Waals surface area (Å²) < 4.78 is 0. The van der Waals surface area contributed by atoms with Crippen LogP contribution in [0.2, 0.25) is 0 Å². The summed E-state index contributed by atoms with van der Waals surface area (Å²) in [6.07, 6.45) is 0. The van der Waals surface area contributed by atoms with Crippen molar-refractivity contribution in [1.82, 2.24) is 10.6 Å². The second-order valence-corrected chi connectivity index (χ2v) is 6.03. The zero-order chi connectivity index (χ0) is 21.7. The van der Waals surface area contributed by atoms with E-state index in [1.807, 2.05) is 0 Å². The summed E-state index contributed by atoms with van der Waals surface area (Å²) in [5.41, 5.74) is 0.0669. The normalized spacial score (nSPS) is 16.1. The Kier molecular flexibility index (Phi) is 6.43. The molecule has 0 saturated heterocycles. The van der Waals surface area contributed by atoms with Gasteiger partial charge in [-0.3, -0.25) is 25.0 Å². The highest BCUT2D eigenvalue weighted by molar-refractivity contribution is 5.96. The molecule has 154 valence electrons. The van der Waals surface area contributed by atoms with Gasteiger partial charge in [0.15, 0.2) is 0 Å². The fourth-order valence-electron chi connectivity index (χ4n) is 3.05. The highest BCUT2D eigenvalue weighted by Gasteiger charge is 2.40. The minimum Gasteiger partial charge on any atom is -0.357 e. The summed E-state index contributed by atoms with van der Waals surface area (Å²) in [6, 6.07) is 5.23. The predicted molar refractivity (Wildman–Crippen MR) is 97.3 cm³/mol. The summed E-state index contributed by atoms with van der Waals surface area (Å²) in [6.45, 7) is 2.38. The molecule has 0 fully saturated rings. The van der Waals surface area contributed by atoms with Gasteiger partial charge in [-0.05, 0) is 19.4 Å². The van der Waals surface area contributed by atoms with Gasteiger partial charge in [0.1, 0.15) is 12.5 Å². The van der Waals surface area contributed by atoms with Crippen LogP contribution in [-0.4, -0.2) is 34.0 Å². The van der Waals surface area contributed by atoms with Gasteiger partial charge in [0.05, 0.1) is 21.1 Å². The molecular weight excluding hydrogens is 390 g/mol. The van der Waals surface area contributed by atoms with Gasteiger partial charge in [0, 0.05) is 24.4 Å². The number of non-ortho nitro benzene ring substituents is 1. The lowest BCUT2D eigenvalue weighted by atomic mass is 9.83. The third kappa shape index (κ3) is 4.82. The second kappa shape index (κ2) is 8.77. The van der Waals surface area contributed by atoms with Gasteiger partial charge in [0.25, 0.3) is 16.5 Å². The highest BCUT2D eigenvalue weighted by atomic mass is 16.9. The Hall–Kier alpha value is -4.03. The van der Waals surface area contributed by atoms with Gasteiger partial charge in [-0.25, -0.2) is 0 Å². The average Bonchev–Trinajstić information content (AvgIpc) is 2.64. The molecule has 0 spiro atoms. The van der Waals surface area contributed by atoms with E-state index < -0.39 is 33.4 Å². The second-order valence-electron chi connectivity index (χ2n) is 6.03. The lowest BCUT2D eigenvalue weighted by Gasteiger charge is -2.27. The van der Waals surface area contributed by atoms with Crippen molar-refractivity contribution in [3.63, 3.8) is 0 Å². The molecule has 1 heterocycles. The van der Waals surface area contributed by atoms with Crippen molar-refractivity contribution < 1.29 is 24.6 Å². The number of dihydropyridines is 1. The maximum atomic E-state index is 12.7. The molecule has 2 rings (SSSR count). The minimum atomic E-state index is -1.18. The number of nitro benzene ring substituents is 1. The summed E-state index contributed by atoms with van der Waals surface area (Å²) in [5.74, 6) is -1.90. The van der Waals surface area contributed by atoms with Crippen LogP contribution in [0, 0.1) is 30.3 Å². The zero-order valence-corrected chi connectivity index (χ0v) is 15.4. The largest absolute Gasteiger partial charge is 0.357 e. The first-order valence-corrected chi connectivity index (χ1v) is 8.26. The number of carbonyl (C=O) groups excluding carboxylic acids is 1. The van der Waals surface area contributed by atoms with Crippen molar-refractivity contribution in [1.29, 1.82) is 0 Å². The smallest absolute Gasteiger partial charge is 0.294 e. The summed E-state index contributed by atoms with van der Waals surface area (Å²) in [5, 5.41) is 37.2. The molecule has 0 saturated carbocycles. The fraction of sp³-hybridized carbons (Fsp3) is 0.312. The summed E-state index contributed by atoms with van der Waals surface area (Å²) in [4.78, 5) is 48.5. The van der Waals surface area contributed by atoms with Gasteiger partial charge in [0.2, 0.25) is 5.91 Å². The number of nitrogens with zero attached hydrogens (tertiary/aromatic N) is 3. The molecule has 29 heavy (non-hydrogen) atoms. The molecule has 13 nitrogen and oxygen atoms in total. The van der Waals surface area contributed by atoms with Crippen LogP contribution in [0.15, 0.2) is 46.9 Å². The van der Waals surface area contributed by atoms with Crippen LogP contribution >= 0.6 is 0 Å². The third-order valence-electron chi connectivity index (χ3n) is 4.17. The third-order valence-corrected chi connectivity index (χ3v) is 4.17. The maximum absolute atomic E-state index is 12.7. The van der Waals surface area contributed by atoms with Crippen molar-refractivity contribution in [3.05, 3.63) is 82.8 Å². The molecule has 0 bridgehead atoms. The molecule has 1 amide bonds. The van der Waals surface area contributed by atoms with Crippen molar-refractivity contribution in [2.24, 2.45) is 0 Å². The number of carbonyl (C=O) groups is 1. The Labute approximate surface area is 163 Å². The van der Waals surface area contributed by atoms with Crippen LogP contribution in [0.25, 0.3) is 0 Å². The van der Waals surface area contributed by atoms with Gasteiger partial charge >= 0.3 is 0 Å². The number of amides is 1. The first-order valence-electron chi connectivity index (χ1n) is 8.26. The maximum Gasteiger partial charge on any atom is 0.294 e. The molecular formula is C16H17N5O8. The Morgan fingerprint density at radius 2 is 1.83 bits per heavy atom. The van der Waals surface area contributed by atoms with Crippen LogP contribution in [0.1, 0.15) is 25.3 Å². The van der Waals surface area contributed by atoms with E-state index in [1.165, 1.54) is 38.1 Å². The standard InChI is InChI=1S/C16H17N5O8/c1-9-13(16(22)17-6-7-29-21(27)28)14(15(20(25)26)10(2)18-9)11-4-3-5-12(8-11)19(23)24/h3-5,8,14,18H,6-7H2,1-2H3,(H,17,22). The van der Waals surface area contributed by atoms with Crippen LogP contribution in [0.4, 0.5) is 5.69 Å². The Morgan fingerprint density at radius 3 is 2.41 bits per heavy atom. The van der Waals surface area contributed by atoms with Crippen LogP contribution in [0.5, 0.6) is 0 Å². The van der Waals surface area contributed by atoms with E-state index in [0.29, 0.717) is 5.70 Å². The van der Waals surface area contributed by atoms with E-state index in [1.54, 1.807) is 0 Å². The van der Waals surface area contributed by atoms with Crippen molar-refractivity contribution >= 4 is 11.6 Å². The van der Waals surface area contributed by atoms with Crippen LogP contribution in [0.3, 0.4) is 0 Å². The highest BCUT2D eigenvalue weighted by Crippen LogP contribution is 2.39. The molecule has 13 heteroatoms. The molecule has 1 atom stereocenters. The van der Waals surface area contributed by atoms with E-state index in [2.05, 4.69) is 15.5 Å². The zero-order valence-electron chi connectivity index (χ0n) is 15.4. The lowest BCUT2D eigenvalue weighted by molar-refractivity contribution is -0.757. The Balaban J connectivity index is 2.46. The number of allylic oxidation sites excluding steroid dienone is 3. The number of rotatable bonds is 8. The van der Waals surface area contributed by atoms with Gasteiger partial charge in [-0.2, -0.15) is 0 Å². The fourth-order valence-corrected chi connectivity index (χ4v) is 3.05. The van der Waals surface area contributed by atoms with Gasteiger partial charge in [-0.15, -0.1) is 10.1 Å². The SMILES string of the molecule is CC1=C(C(=O)NCCO[N+](=O)[O-])C(c2cccc([N+](=O)[O-])c2)C([N+](=O)[O-])=C(C)N1. The Morgan fingerprint density at radius 1 is 1.14 bits per heavy atom. The van der Waals surface area contributed by atoms with Crippen molar-refractivity contribution in [2.45, 2.75) is 19.8 Å². The number of nitrogens with one attached hydrogen (secondary N) is 2. The monoisotopic (exact) mass is 407 g/mol. The lowest BCUT2D eigenvalue weighted by Crippen LogP contribution is -2.37. The minimum absolute atomic E-state index is 0.0242. The number of benzene rings is 1. The van der Waals surface area contributed by atoms with Crippen LogP contribution in [-0.2, 0) is 9.63 Å². The number of nitro groups is 2. The summed E-state index contributed by atoms with van der Waals surface area (Å²) >= 11 is 0. The van der Waals surface area contributed by atoms with E-state index in [0.717, 1.165) is 0 Å². The van der Waals surface area contributed by atoms with Crippen molar-refractivity contribution in [3.8, 4) is 0 Å². The molecule has 2 N–H and O–H groups in total. The molecule has 0 aliphatic carbocycles. The van der Waals surface area contributed by atoms with E-state index in [4.69, 9.17) is 0 Å². The quantitative estimate of drug-likeness (QED) is 0.365. The van der Waals surface area contributed by atoms with E-state index in [9.17, 15) is 35.1 Å². The molecule has 1 aromatic rings. The molecule has 1 aliphatic rings. The predicted octanol–water partition coefficient (Wildman–Crippen LogP) is 1.39. The number of hydrogen-bond donors (Lipinski definition) is 2. The van der Waals surface area contributed by atoms with Crippen LogP contribution < -0.4 is 10.6 Å².